The summed E-state index contributed by atoms with van der Waals surface area (Å²) in [5, 5.41) is 0.547. The van der Waals surface area contributed by atoms with E-state index in [9.17, 15) is 22.8 Å². The fourth-order valence-electron chi connectivity index (χ4n) is 3.64. The summed E-state index contributed by atoms with van der Waals surface area (Å²) in [6.45, 7) is 4.45. The van der Waals surface area contributed by atoms with Gasteiger partial charge < -0.3 is 15.4 Å². The summed E-state index contributed by atoms with van der Waals surface area (Å²) in [5.74, 6) is -0.173. The standard InChI is InChI=1S/C20H29N5O8S/c1-12(2)16(21)11-32-15-6-3-13(4-7-15)9-18(26)22-23-19(27)17-8-5-14-10-24(17)20(28)25(14)33-34(29,30)31/h3-4,6-7,12,14,16-17H,5,8-11,21H2,1-2H3,(H,22,26)(H,23,27)(H,29,30,31)/t14-,16+,17+/m1/s1. The molecule has 34 heavy (non-hydrogen) atoms. The number of fused-ring (bicyclic) bond motifs is 2. The number of rotatable bonds is 9. The first-order valence-electron chi connectivity index (χ1n) is 10.8. The van der Waals surface area contributed by atoms with E-state index in [1.165, 1.54) is 0 Å². The van der Waals surface area contributed by atoms with Crippen LogP contribution in [-0.2, 0) is 30.7 Å². The molecule has 2 bridgehead atoms. The van der Waals surface area contributed by atoms with Crippen molar-refractivity contribution in [1.29, 1.82) is 0 Å². The van der Waals surface area contributed by atoms with Gasteiger partial charge in [-0.25, -0.2) is 4.79 Å². The van der Waals surface area contributed by atoms with Crippen LogP contribution < -0.4 is 21.3 Å². The molecule has 0 aromatic heterocycles. The highest BCUT2D eigenvalue weighted by molar-refractivity contribution is 7.80. The highest BCUT2D eigenvalue weighted by Gasteiger charge is 2.49. The maximum Gasteiger partial charge on any atom is 0.418 e. The Morgan fingerprint density at radius 2 is 1.88 bits per heavy atom. The molecule has 0 aliphatic carbocycles. The van der Waals surface area contributed by atoms with Gasteiger partial charge in [-0.2, -0.15) is 13.5 Å². The van der Waals surface area contributed by atoms with Crippen molar-refractivity contribution in [3.63, 3.8) is 0 Å². The molecule has 2 aliphatic rings. The Bertz CT molecular complexity index is 1020. The first-order valence-corrected chi connectivity index (χ1v) is 12.1. The maximum absolute atomic E-state index is 12.5. The molecule has 1 aromatic rings. The molecule has 14 heteroatoms. The third kappa shape index (κ3) is 6.56. The van der Waals surface area contributed by atoms with E-state index in [0.29, 0.717) is 28.9 Å². The number of hydrogen-bond acceptors (Lipinski definition) is 8. The minimum absolute atomic E-state index is 0.00255. The number of urea groups is 1. The molecule has 1 aromatic carbocycles. The number of benzene rings is 1. The number of carbonyl (C=O) groups is 3. The van der Waals surface area contributed by atoms with Gasteiger partial charge in [0.05, 0.1) is 12.5 Å². The lowest BCUT2D eigenvalue weighted by molar-refractivity contribution is -0.131. The van der Waals surface area contributed by atoms with Crippen molar-refractivity contribution in [3.8, 4) is 5.75 Å². The lowest BCUT2D eigenvalue weighted by Gasteiger charge is -2.29. The van der Waals surface area contributed by atoms with Crippen LogP contribution in [0.25, 0.3) is 0 Å². The number of piperidine rings is 1. The Labute approximate surface area is 197 Å². The smallest absolute Gasteiger partial charge is 0.418 e. The molecule has 0 spiro atoms. The van der Waals surface area contributed by atoms with E-state index in [2.05, 4.69) is 15.1 Å². The molecule has 4 amide bonds. The van der Waals surface area contributed by atoms with E-state index in [4.69, 9.17) is 15.0 Å². The van der Waals surface area contributed by atoms with Crippen LogP contribution in [0, 0.1) is 5.92 Å². The van der Waals surface area contributed by atoms with Crippen molar-refractivity contribution in [2.24, 2.45) is 11.7 Å². The zero-order valence-electron chi connectivity index (χ0n) is 18.8. The Morgan fingerprint density at radius 3 is 2.50 bits per heavy atom. The second-order valence-electron chi connectivity index (χ2n) is 8.59. The van der Waals surface area contributed by atoms with Gasteiger partial charge >= 0.3 is 16.4 Å². The number of nitrogens with zero attached hydrogens (tertiary/aromatic N) is 2. The van der Waals surface area contributed by atoms with Crippen molar-refractivity contribution in [2.45, 2.75) is 51.2 Å². The van der Waals surface area contributed by atoms with Crippen LogP contribution in [0.5, 0.6) is 5.75 Å². The maximum atomic E-state index is 12.5. The van der Waals surface area contributed by atoms with Crippen molar-refractivity contribution >= 4 is 28.2 Å². The summed E-state index contributed by atoms with van der Waals surface area (Å²) in [7, 11) is -4.87. The normalized spacial score (nSPS) is 20.9. The van der Waals surface area contributed by atoms with Crippen LogP contribution in [0.15, 0.2) is 24.3 Å². The van der Waals surface area contributed by atoms with Crippen LogP contribution in [0.1, 0.15) is 32.3 Å². The molecule has 3 atom stereocenters. The second kappa shape index (κ2) is 10.5. The minimum atomic E-state index is -4.87. The second-order valence-corrected chi connectivity index (χ2v) is 9.59. The highest BCUT2D eigenvalue weighted by atomic mass is 32.3. The van der Waals surface area contributed by atoms with Crippen molar-refractivity contribution < 1.29 is 36.4 Å². The van der Waals surface area contributed by atoms with Gasteiger partial charge in [-0.15, -0.1) is 4.28 Å². The lowest BCUT2D eigenvalue weighted by Crippen LogP contribution is -2.54. The van der Waals surface area contributed by atoms with Crippen LogP contribution in [0.3, 0.4) is 0 Å². The Hall–Kier alpha value is -2.94. The van der Waals surface area contributed by atoms with E-state index in [-0.39, 0.29) is 31.8 Å². The van der Waals surface area contributed by atoms with E-state index in [0.717, 1.165) is 4.90 Å². The van der Waals surface area contributed by atoms with Gasteiger partial charge in [0.1, 0.15) is 18.4 Å². The van der Waals surface area contributed by atoms with Gasteiger partial charge in [0.2, 0.25) is 5.91 Å². The summed E-state index contributed by atoms with van der Waals surface area (Å²) in [6.07, 6.45) is 0.503. The summed E-state index contributed by atoms with van der Waals surface area (Å²) in [5.41, 5.74) is 11.3. The number of amides is 4. The van der Waals surface area contributed by atoms with Gasteiger partial charge in [0.15, 0.2) is 0 Å². The van der Waals surface area contributed by atoms with Crippen LogP contribution in [-0.4, -0.2) is 72.1 Å². The Morgan fingerprint density at radius 1 is 1.21 bits per heavy atom. The molecular weight excluding hydrogens is 470 g/mol. The van der Waals surface area contributed by atoms with E-state index in [1.54, 1.807) is 24.3 Å². The van der Waals surface area contributed by atoms with Crippen LogP contribution >= 0.6 is 0 Å². The van der Waals surface area contributed by atoms with Gasteiger partial charge in [0.25, 0.3) is 5.91 Å². The summed E-state index contributed by atoms with van der Waals surface area (Å²) >= 11 is 0. The largest absolute Gasteiger partial charge is 0.492 e. The molecular formula is C20H29N5O8S. The summed E-state index contributed by atoms with van der Waals surface area (Å²) in [4.78, 5) is 38.3. The molecule has 2 heterocycles. The minimum Gasteiger partial charge on any atom is -0.492 e. The number of nitrogens with two attached hydrogens (primary N) is 1. The number of ether oxygens (including phenoxy) is 1. The quantitative estimate of drug-likeness (QED) is 0.263. The summed E-state index contributed by atoms with van der Waals surface area (Å²) in [6, 6.07) is 4.44. The molecule has 0 radical (unpaired) electrons. The van der Waals surface area contributed by atoms with Crippen LogP contribution in [0.2, 0.25) is 0 Å². The number of hydroxylamine groups is 2. The van der Waals surface area contributed by atoms with E-state index < -0.39 is 40.3 Å². The van der Waals surface area contributed by atoms with Crippen molar-refractivity contribution in [2.75, 3.05) is 13.2 Å². The number of carbonyl (C=O) groups excluding carboxylic acids is 3. The average Bonchev–Trinajstić information content (AvgIpc) is 3.00. The topological polar surface area (TPSA) is 181 Å². The third-order valence-corrected chi connectivity index (χ3v) is 6.06. The molecule has 0 saturated carbocycles. The fraction of sp³-hybridized carbons (Fsp3) is 0.550. The zero-order valence-corrected chi connectivity index (χ0v) is 19.7. The molecule has 3 rings (SSSR count). The van der Waals surface area contributed by atoms with E-state index in [1.807, 2.05) is 13.8 Å². The van der Waals surface area contributed by atoms with Gasteiger partial charge in [0, 0.05) is 12.6 Å². The molecule has 2 fully saturated rings. The van der Waals surface area contributed by atoms with Crippen LogP contribution in [0.4, 0.5) is 4.79 Å². The van der Waals surface area contributed by atoms with Crippen molar-refractivity contribution in [3.05, 3.63) is 29.8 Å². The predicted octanol–water partition coefficient (Wildman–Crippen LogP) is -0.258. The Kier molecular flexibility index (Phi) is 7.97. The molecule has 188 valence electrons. The first kappa shape index (κ1) is 25.7. The molecule has 2 saturated heterocycles. The monoisotopic (exact) mass is 499 g/mol. The molecule has 2 aliphatic heterocycles. The fourth-order valence-corrected chi connectivity index (χ4v) is 4.03. The number of hydrazine groups is 1. The third-order valence-electron chi connectivity index (χ3n) is 5.71. The molecule has 0 unspecified atom stereocenters. The molecule has 5 N–H and O–H groups in total. The number of hydrogen-bond donors (Lipinski definition) is 4. The summed E-state index contributed by atoms with van der Waals surface area (Å²) < 4.78 is 40.7. The SMILES string of the molecule is CC(C)[C@@H](N)COc1ccc(CC(=O)NNC(=O)[C@@H]2CC[C@@H]3CN2C(=O)N3OS(=O)(=O)O)cc1. The lowest BCUT2D eigenvalue weighted by atomic mass is 10.0. The van der Waals surface area contributed by atoms with Crippen molar-refractivity contribution in [1.82, 2.24) is 20.8 Å². The average molecular weight is 500 g/mol. The van der Waals surface area contributed by atoms with Gasteiger partial charge in [-0.1, -0.05) is 26.0 Å². The number of nitrogens with one attached hydrogen (secondary N) is 2. The predicted molar refractivity (Wildman–Crippen MR) is 118 cm³/mol. The van der Waals surface area contributed by atoms with Gasteiger partial charge in [-0.3, -0.25) is 25.0 Å². The molecule has 13 nitrogen and oxygen atoms in total. The highest BCUT2D eigenvalue weighted by Crippen LogP contribution is 2.30. The Balaban J connectivity index is 1.46. The van der Waals surface area contributed by atoms with E-state index >= 15 is 0 Å². The first-order chi connectivity index (χ1) is 15.9. The zero-order chi connectivity index (χ0) is 25.0. The van der Waals surface area contributed by atoms with Gasteiger partial charge in [-0.05, 0) is 36.5 Å².